The average Bonchev–Trinajstić information content (AvgIpc) is 2.75. The number of carbonyl (C=O) groups is 1. The molecule has 0 unspecified atom stereocenters. The lowest BCUT2D eigenvalue weighted by atomic mass is 9.95. The van der Waals surface area contributed by atoms with Crippen molar-refractivity contribution in [2.24, 2.45) is 11.8 Å². The van der Waals surface area contributed by atoms with E-state index >= 15 is 0 Å². The minimum absolute atomic E-state index is 0. The zero-order valence-corrected chi connectivity index (χ0v) is 9.79. The van der Waals surface area contributed by atoms with Gasteiger partial charge in [-0.1, -0.05) is 0 Å². The lowest BCUT2D eigenvalue weighted by Crippen LogP contribution is -2.44. The molecule has 4 nitrogen and oxygen atoms in total. The Morgan fingerprint density at radius 1 is 1.53 bits per heavy atom. The number of fused-ring (bicyclic) bond motifs is 1. The quantitative estimate of drug-likeness (QED) is 0.760. The third-order valence-electron chi connectivity index (χ3n) is 3.46. The normalized spacial score (nSPS) is 36.3. The van der Waals surface area contributed by atoms with Crippen LogP contribution in [0.5, 0.6) is 0 Å². The highest BCUT2D eigenvalue weighted by Crippen LogP contribution is 2.42. The molecule has 5 heteroatoms. The van der Waals surface area contributed by atoms with Crippen molar-refractivity contribution < 1.29 is 14.6 Å². The lowest BCUT2D eigenvalue weighted by Gasteiger charge is -2.27. The van der Waals surface area contributed by atoms with E-state index in [2.05, 4.69) is 5.32 Å². The summed E-state index contributed by atoms with van der Waals surface area (Å²) in [7, 11) is 1.59. The summed E-state index contributed by atoms with van der Waals surface area (Å²) < 4.78 is 5.28. The fraction of sp³-hybridized carbons (Fsp3) is 0.900. The third-order valence-corrected chi connectivity index (χ3v) is 3.46. The van der Waals surface area contributed by atoms with Crippen molar-refractivity contribution in [1.82, 2.24) is 5.32 Å². The SMILES string of the molecule is CO[C@@H]([C@@H]1C[C@@H]2C[C@@H]2N1)[C@@H](C)C(=O)O.Cl. The largest absolute Gasteiger partial charge is 0.481 e. The second kappa shape index (κ2) is 4.68. The number of piperidine rings is 1. The Balaban J connectivity index is 0.00000112. The van der Waals surface area contributed by atoms with E-state index in [0.29, 0.717) is 6.04 Å². The van der Waals surface area contributed by atoms with Gasteiger partial charge in [0.05, 0.1) is 12.0 Å². The van der Waals surface area contributed by atoms with Crippen molar-refractivity contribution in [2.75, 3.05) is 7.11 Å². The van der Waals surface area contributed by atoms with Crippen LogP contribution in [0.1, 0.15) is 19.8 Å². The zero-order chi connectivity index (χ0) is 10.3. The van der Waals surface area contributed by atoms with Crippen LogP contribution < -0.4 is 5.32 Å². The molecule has 2 N–H and O–H groups in total. The van der Waals surface area contributed by atoms with E-state index in [1.807, 2.05) is 0 Å². The summed E-state index contributed by atoms with van der Waals surface area (Å²) in [6.07, 6.45) is 2.13. The Labute approximate surface area is 95.8 Å². The summed E-state index contributed by atoms with van der Waals surface area (Å²) >= 11 is 0. The number of aliphatic carboxylic acids is 1. The Morgan fingerprint density at radius 2 is 2.20 bits per heavy atom. The molecule has 0 aromatic carbocycles. The maximum atomic E-state index is 10.8. The van der Waals surface area contributed by atoms with Gasteiger partial charge >= 0.3 is 5.97 Å². The third kappa shape index (κ3) is 2.44. The number of carboxylic acid groups (broad SMARTS) is 1. The molecule has 0 bridgehead atoms. The van der Waals surface area contributed by atoms with Gasteiger partial charge in [-0.15, -0.1) is 12.4 Å². The number of methoxy groups -OCH3 is 1. The molecule has 0 aromatic heterocycles. The van der Waals surface area contributed by atoms with Crippen molar-refractivity contribution >= 4 is 18.4 Å². The van der Waals surface area contributed by atoms with Gasteiger partial charge in [-0.3, -0.25) is 4.79 Å². The smallest absolute Gasteiger partial charge is 0.308 e. The van der Waals surface area contributed by atoms with Gasteiger partial charge in [-0.25, -0.2) is 0 Å². The summed E-state index contributed by atoms with van der Waals surface area (Å²) in [5, 5.41) is 12.3. The number of halogens is 1. The fourth-order valence-corrected chi connectivity index (χ4v) is 2.47. The maximum Gasteiger partial charge on any atom is 0.308 e. The minimum Gasteiger partial charge on any atom is -0.481 e. The topological polar surface area (TPSA) is 58.6 Å². The van der Waals surface area contributed by atoms with Crippen molar-refractivity contribution in [3.63, 3.8) is 0 Å². The first kappa shape index (κ1) is 12.7. The molecule has 15 heavy (non-hydrogen) atoms. The molecule has 0 radical (unpaired) electrons. The van der Waals surface area contributed by atoms with Gasteiger partial charge in [-0.2, -0.15) is 0 Å². The van der Waals surface area contributed by atoms with Crippen molar-refractivity contribution in [3.05, 3.63) is 0 Å². The van der Waals surface area contributed by atoms with Gasteiger partial charge in [0.25, 0.3) is 0 Å². The van der Waals surface area contributed by atoms with Crippen LogP contribution >= 0.6 is 12.4 Å². The highest BCUT2D eigenvalue weighted by atomic mass is 35.5. The highest BCUT2D eigenvalue weighted by Gasteiger charge is 2.49. The van der Waals surface area contributed by atoms with Crippen LogP contribution in [0.3, 0.4) is 0 Å². The molecule has 2 fully saturated rings. The molecule has 2 aliphatic rings. The summed E-state index contributed by atoms with van der Waals surface area (Å²) in [5.74, 6) is -0.437. The summed E-state index contributed by atoms with van der Waals surface area (Å²) in [6, 6.07) is 0.869. The number of hydrogen-bond donors (Lipinski definition) is 2. The van der Waals surface area contributed by atoms with Gasteiger partial charge in [0, 0.05) is 19.2 Å². The van der Waals surface area contributed by atoms with Crippen LogP contribution in [-0.4, -0.2) is 36.4 Å². The van der Waals surface area contributed by atoms with E-state index in [-0.39, 0.29) is 24.6 Å². The first-order valence-corrected chi connectivity index (χ1v) is 5.15. The van der Waals surface area contributed by atoms with E-state index in [1.165, 1.54) is 6.42 Å². The van der Waals surface area contributed by atoms with Crippen molar-refractivity contribution in [3.8, 4) is 0 Å². The standard InChI is InChI=1S/C10H17NO3.ClH/c1-5(10(12)13)9(14-2)8-4-6-3-7(6)11-8;/h5-9,11H,3-4H2,1-2H3,(H,12,13);1H/t5-,6+,7+,8+,9-;/m1./s1. The lowest BCUT2D eigenvalue weighted by molar-refractivity contribution is -0.146. The van der Waals surface area contributed by atoms with E-state index < -0.39 is 11.9 Å². The molecule has 5 atom stereocenters. The van der Waals surface area contributed by atoms with Gasteiger partial charge in [-0.05, 0) is 25.7 Å². The first-order chi connectivity index (χ1) is 6.63. The van der Waals surface area contributed by atoms with Crippen molar-refractivity contribution in [1.29, 1.82) is 0 Å². The zero-order valence-electron chi connectivity index (χ0n) is 8.97. The van der Waals surface area contributed by atoms with Gasteiger partial charge in [0.2, 0.25) is 0 Å². The molecule has 2 rings (SSSR count). The maximum absolute atomic E-state index is 10.8. The number of nitrogens with one attached hydrogen (secondary N) is 1. The van der Waals surface area contributed by atoms with Crippen LogP contribution in [0.15, 0.2) is 0 Å². The Kier molecular flexibility index (Phi) is 3.98. The molecular weight excluding hydrogens is 218 g/mol. The molecule has 88 valence electrons. The average molecular weight is 236 g/mol. The van der Waals surface area contributed by atoms with Crippen molar-refractivity contribution in [2.45, 2.75) is 38.0 Å². The van der Waals surface area contributed by atoms with E-state index in [4.69, 9.17) is 9.84 Å². The number of carboxylic acids is 1. The predicted octanol–water partition coefficient (Wildman–Crippen LogP) is 0.894. The van der Waals surface area contributed by atoms with Crippen LogP contribution in [0.25, 0.3) is 0 Å². The number of hydrogen-bond acceptors (Lipinski definition) is 3. The molecule has 0 spiro atoms. The Morgan fingerprint density at radius 3 is 2.60 bits per heavy atom. The molecule has 1 heterocycles. The molecular formula is C10H18ClNO3. The van der Waals surface area contributed by atoms with Crippen LogP contribution in [0, 0.1) is 11.8 Å². The molecule has 1 aliphatic carbocycles. The molecule has 1 saturated carbocycles. The number of ether oxygens (including phenoxy) is 1. The summed E-state index contributed by atoms with van der Waals surface area (Å²) in [5.41, 5.74) is 0. The van der Waals surface area contributed by atoms with Crippen LogP contribution in [0.4, 0.5) is 0 Å². The van der Waals surface area contributed by atoms with Gasteiger partial charge in [0.15, 0.2) is 0 Å². The second-order valence-electron chi connectivity index (χ2n) is 4.44. The van der Waals surface area contributed by atoms with Gasteiger partial charge in [0.1, 0.15) is 0 Å². The van der Waals surface area contributed by atoms with E-state index in [9.17, 15) is 4.79 Å². The predicted molar refractivity (Wildman–Crippen MR) is 58.3 cm³/mol. The first-order valence-electron chi connectivity index (χ1n) is 5.15. The Hall–Kier alpha value is -0.320. The summed E-state index contributed by atoms with van der Waals surface area (Å²) in [4.78, 5) is 10.8. The van der Waals surface area contributed by atoms with E-state index in [1.54, 1.807) is 14.0 Å². The molecule has 0 aromatic rings. The molecule has 0 amide bonds. The van der Waals surface area contributed by atoms with E-state index in [0.717, 1.165) is 12.3 Å². The van der Waals surface area contributed by atoms with Crippen LogP contribution in [0.2, 0.25) is 0 Å². The molecule has 1 saturated heterocycles. The summed E-state index contributed by atoms with van der Waals surface area (Å²) in [6.45, 7) is 1.71. The fourth-order valence-electron chi connectivity index (χ4n) is 2.47. The Bertz CT molecular complexity index is 239. The second-order valence-corrected chi connectivity index (χ2v) is 4.44. The molecule has 1 aliphatic heterocycles. The van der Waals surface area contributed by atoms with Gasteiger partial charge < -0.3 is 15.2 Å². The highest BCUT2D eigenvalue weighted by molar-refractivity contribution is 5.85. The van der Waals surface area contributed by atoms with Crippen LogP contribution in [-0.2, 0) is 9.53 Å². The number of rotatable bonds is 4. The monoisotopic (exact) mass is 235 g/mol. The minimum atomic E-state index is -0.778.